The van der Waals surface area contributed by atoms with Crippen molar-refractivity contribution in [1.82, 2.24) is 9.97 Å². The molecule has 0 fully saturated rings. The van der Waals surface area contributed by atoms with Crippen molar-refractivity contribution in [3.8, 4) is 0 Å². The Kier molecular flexibility index (Phi) is 8.69. The third kappa shape index (κ3) is 7.53. The van der Waals surface area contributed by atoms with Gasteiger partial charge >= 0.3 is 12.4 Å². The lowest BCUT2D eigenvalue weighted by Gasteiger charge is -2.26. The van der Waals surface area contributed by atoms with Crippen molar-refractivity contribution < 1.29 is 36.2 Å². The molecule has 2 rings (SSSR count). The number of hydrogen-bond acceptors (Lipinski definition) is 7. The fraction of sp³-hybridized carbons (Fsp3) is 0.389. The van der Waals surface area contributed by atoms with Crippen molar-refractivity contribution in [3.05, 3.63) is 41.7 Å². The molecule has 0 aromatic carbocycles. The number of amides is 1. The van der Waals surface area contributed by atoms with Crippen molar-refractivity contribution >= 4 is 29.4 Å². The number of pyridine rings is 2. The van der Waals surface area contributed by atoms with E-state index in [1.54, 1.807) is 0 Å². The fourth-order valence-electron chi connectivity index (χ4n) is 2.63. The van der Waals surface area contributed by atoms with Crippen LogP contribution in [0.4, 0.5) is 37.8 Å². The van der Waals surface area contributed by atoms with E-state index in [4.69, 9.17) is 10.2 Å². The van der Waals surface area contributed by atoms with Crippen molar-refractivity contribution in [2.75, 3.05) is 29.9 Å². The Balaban J connectivity index is 2.46. The zero-order valence-electron chi connectivity index (χ0n) is 16.4. The minimum atomic E-state index is -4.83. The van der Waals surface area contributed by atoms with Gasteiger partial charge in [0.2, 0.25) is 0 Å². The van der Waals surface area contributed by atoms with E-state index in [0.717, 1.165) is 16.8 Å². The molecule has 2 aromatic rings. The Bertz CT molecular complexity index is 925. The van der Waals surface area contributed by atoms with Crippen LogP contribution < -0.4 is 15.4 Å². The molecule has 7 nitrogen and oxygen atoms in total. The van der Waals surface area contributed by atoms with E-state index < -0.39 is 42.4 Å². The van der Waals surface area contributed by atoms with Gasteiger partial charge in [0, 0.05) is 37.8 Å². The van der Waals surface area contributed by atoms with E-state index in [-0.39, 0.29) is 31.1 Å². The normalized spacial score (nSPS) is 12.0. The first-order valence-corrected chi connectivity index (χ1v) is 9.96. The number of alkyl halides is 6. The summed E-state index contributed by atoms with van der Waals surface area (Å²) in [5, 5.41) is 17.1. The lowest BCUT2D eigenvalue weighted by Crippen LogP contribution is -2.32. The Labute approximate surface area is 183 Å². The number of carbonyl (C=O) groups excluding carboxylic acids is 1. The summed E-state index contributed by atoms with van der Waals surface area (Å²) in [4.78, 5) is 21.4. The first-order valence-electron chi connectivity index (χ1n) is 9.08. The largest absolute Gasteiger partial charge is 0.417 e. The Morgan fingerprint density at radius 1 is 1.16 bits per heavy atom. The van der Waals surface area contributed by atoms with E-state index in [1.807, 2.05) is 0 Å². The van der Waals surface area contributed by atoms with Crippen LogP contribution in [0.25, 0.3) is 0 Å². The van der Waals surface area contributed by atoms with Gasteiger partial charge in [0.1, 0.15) is 10.8 Å². The zero-order chi connectivity index (χ0) is 23.9. The van der Waals surface area contributed by atoms with Crippen LogP contribution in [0.3, 0.4) is 0 Å². The third-order valence-electron chi connectivity index (χ3n) is 4.10. The summed E-state index contributed by atoms with van der Waals surface area (Å²) < 4.78 is 77.9. The van der Waals surface area contributed by atoms with E-state index in [2.05, 4.69) is 15.3 Å². The molecule has 0 atom stereocenters. The van der Waals surface area contributed by atoms with Crippen LogP contribution in [-0.2, 0) is 6.18 Å². The second kappa shape index (κ2) is 10.8. The molecule has 176 valence electrons. The summed E-state index contributed by atoms with van der Waals surface area (Å²) in [5.74, 6) is -1.38. The van der Waals surface area contributed by atoms with Crippen LogP contribution in [-0.4, -0.2) is 46.9 Å². The number of halogens is 6. The molecule has 0 aliphatic carbocycles. The number of aliphatic hydroxyl groups is 1. The number of aromatic nitrogens is 2. The molecule has 0 saturated heterocycles. The average molecular weight is 483 g/mol. The zero-order valence-corrected chi connectivity index (χ0v) is 17.2. The lowest BCUT2D eigenvalue weighted by molar-refractivity contribution is -0.137. The van der Waals surface area contributed by atoms with Gasteiger partial charge in [-0.2, -0.15) is 26.3 Å². The highest BCUT2D eigenvalue weighted by atomic mass is 32.2. The molecule has 32 heavy (non-hydrogen) atoms. The predicted molar refractivity (Wildman–Crippen MR) is 106 cm³/mol. The van der Waals surface area contributed by atoms with Crippen LogP contribution in [0.1, 0.15) is 28.8 Å². The van der Waals surface area contributed by atoms with Gasteiger partial charge in [0.25, 0.3) is 5.91 Å². The lowest BCUT2D eigenvalue weighted by atomic mass is 10.1. The van der Waals surface area contributed by atoms with Gasteiger partial charge in [-0.1, -0.05) is 0 Å². The van der Waals surface area contributed by atoms with Crippen molar-refractivity contribution in [2.24, 2.45) is 5.14 Å². The number of carbonyl (C=O) groups is 1. The summed E-state index contributed by atoms with van der Waals surface area (Å²) in [5.41, 5.74) is -1.64. The van der Waals surface area contributed by atoms with E-state index in [1.165, 1.54) is 18.3 Å². The highest BCUT2D eigenvalue weighted by Crippen LogP contribution is 2.32. The van der Waals surface area contributed by atoms with Gasteiger partial charge in [-0.25, -0.2) is 9.97 Å². The predicted octanol–water partition coefficient (Wildman–Crippen LogP) is 3.85. The third-order valence-corrected chi connectivity index (χ3v) is 4.57. The van der Waals surface area contributed by atoms with Gasteiger partial charge in [0.05, 0.1) is 17.5 Å². The molecule has 0 aliphatic heterocycles. The van der Waals surface area contributed by atoms with Gasteiger partial charge in [-0.05, 0) is 36.6 Å². The highest BCUT2D eigenvalue weighted by molar-refractivity contribution is 7.97. The van der Waals surface area contributed by atoms with Crippen LogP contribution >= 0.6 is 11.9 Å². The van der Waals surface area contributed by atoms with E-state index >= 15 is 0 Å². The maximum atomic E-state index is 13.2. The fourth-order valence-corrected chi connectivity index (χ4v) is 2.95. The van der Waals surface area contributed by atoms with Gasteiger partial charge < -0.3 is 15.3 Å². The van der Waals surface area contributed by atoms with Gasteiger partial charge in [-0.3, -0.25) is 9.93 Å². The molecule has 0 radical (unpaired) electrons. The number of nitrogens with one attached hydrogen (secondary N) is 1. The molecule has 0 spiro atoms. The van der Waals surface area contributed by atoms with Crippen molar-refractivity contribution in [2.45, 2.75) is 30.2 Å². The maximum Gasteiger partial charge on any atom is 0.417 e. The number of hydrogen-bond donors (Lipinski definition) is 3. The second-order valence-corrected chi connectivity index (χ2v) is 7.13. The van der Waals surface area contributed by atoms with Crippen LogP contribution in [0.2, 0.25) is 0 Å². The highest BCUT2D eigenvalue weighted by Gasteiger charge is 2.34. The smallest absolute Gasteiger partial charge is 0.396 e. The summed E-state index contributed by atoms with van der Waals surface area (Å²) in [7, 11) is 0. The van der Waals surface area contributed by atoms with Crippen molar-refractivity contribution in [1.29, 1.82) is 0 Å². The van der Waals surface area contributed by atoms with Gasteiger partial charge in [0.15, 0.2) is 0 Å². The first kappa shape index (κ1) is 25.7. The standard InChI is InChI=1S/C18H19F6N5O2S/c19-17(20,21)3-6-29(5-1-7-30)15-13(8-11(10-27-15)18(22,23)24)16(31)28-12-2-4-26-14(9-12)32-25/h2,4,8-10,30H,1,3,5-7,25H2,(H,26,28,31). The Morgan fingerprint density at radius 2 is 1.88 bits per heavy atom. The first-order chi connectivity index (χ1) is 14.9. The molecule has 0 saturated carbocycles. The average Bonchev–Trinajstić information content (AvgIpc) is 2.72. The van der Waals surface area contributed by atoms with Crippen LogP contribution in [0.5, 0.6) is 0 Å². The molecule has 2 aromatic heterocycles. The van der Waals surface area contributed by atoms with Gasteiger partial charge in [-0.15, -0.1) is 0 Å². The number of aliphatic hydroxyl groups excluding tert-OH is 1. The molecule has 14 heteroatoms. The maximum absolute atomic E-state index is 13.2. The molecular formula is C18H19F6N5O2S. The minimum absolute atomic E-state index is 0.0169. The number of nitrogens with zero attached hydrogens (tertiary/aromatic N) is 3. The SMILES string of the molecule is NSc1cc(NC(=O)c2cc(C(F)(F)F)cnc2N(CCCO)CCC(F)(F)F)ccn1. The molecule has 0 unspecified atom stereocenters. The monoisotopic (exact) mass is 483 g/mol. The summed E-state index contributed by atoms with van der Waals surface area (Å²) in [6.45, 7) is -1.19. The Hall–Kier alpha value is -2.58. The quantitative estimate of drug-likeness (QED) is 0.368. The Morgan fingerprint density at radius 3 is 2.47 bits per heavy atom. The molecule has 0 aliphatic rings. The molecule has 4 N–H and O–H groups in total. The van der Waals surface area contributed by atoms with Crippen molar-refractivity contribution in [3.63, 3.8) is 0 Å². The van der Waals surface area contributed by atoms with Crippen LogP contribution in [0, 0.1) is 0 Å². The molecule has 1 amide bonds. The summed E-state index contributed by atoms with van der Waals surface area (Å²) in [6.07, 6.45) is -8.89. The second-order valence-electron chi connectivity index (χ2n) is 6.48. The van der Waals surface area contributed by atoms with E-state index in [9.17, 15) is 31.1 Å². The number of rotatable bonds is 9. The summed E-state index contributed by atoms with van der Waals surface area (Å²) >= 11 is 0.776. The molecule has 2 heterocycles. The topological polar surface area (TPSA) is 104 Å². The number of anilines is 2. The summed E-state index contributed by atoms with van der Waals surface area (Å²) in [6, 6.07) is 3.26. The van der Waals surface area contributed by atoms with E-state index in [0.29, 0.717) is 17.3 Å². The minimum Gasteiger partial charge on any atom is -0.396 e. The molecular weight excluding hydrogens is 464 g/mol. The number of nitrogens with two attached hydrogens (primary N) is 1. The molecule has 0 bridgehead atoms. The van der Waals surface area contributed by atoms with Crippen LogP contribution in [0.15, 0.2) is 35.6 Å².